The van der Waals surface area contributed by atoms with E-state index in [1.807, 2.05) is 13.8 Å². The molecule has 3 nitrogen and oxygen atoms in total. The average molecular weight is 381 g/mol. The van der Waals surface area contributed by atoms with Crippen molar-refractivity contribution in [3.63, 3.8) is 0 Å². The van der Waals surface area contributed by atoms with Crippen LogP contribution in [0.3, 0.4) is 0 Å². The van der Waals surface area contributed by atoms with Crippen LogP contribution in [-0.4, -0.2) is 17.0 Å². The topological polar surface area (TPSA) is 34.0 Å². The summed E-state index contributed by atoms with van der Waals surface area (Å²) in [5.41, 5.74) is -0.688. The first kappa shape index (κ1) is 20.4. The summed E-state index contributed by atoms with van der Waals surface area (Å²) in [6.45, 7) is 4.51. The Bertz CT molecular complexity index is 730. The highest BCUT2D eigenvalue weighted by Crippen LogP contribution is 2.30. The molecule has 0 aliphatic heterocycles. The van der Waals surface area contributed by atoms with E-state index in [9.17, 15) is 18.0 Å². The zero-order valence-corrected chi connectivity index (χ0v) is 14.6. The minimum atomic E-state index is -4.54. The van der Waals surface area contributed by atoms with Crippen LogP contribution in [0.4, 0.5) is 18.9 Å². The number of anilines is 1. The third-order valence-electron chi connectivity index (χ3n) is 2.87. The van der Waals surface area contributed by atoms with E-state index in [-0.39, 0.29) is 10.7 Å². The number of nitrogens with one attached hydrogen (secondary N) is 1. The lowest BCUT2D eigenvalue weighted by Gasteiger charge is -2.13. The molecule has 2 rings (SSSR count). The maximum Gasteiger partial charge on any atom is 0.417 e. The van der Waals surface area contributed by atoms with Gasteiger partial charge in [0.1, 0.15) is 0 Å². The van der Waals surface area contributed by atoms with Crippen molar-refractivity contribution in [3.05, 3.63) is 57.5 Å². The zero-order valence-electron chi connectivity index (χ0n) is 13.1. The van der Waals surface area contributed by atoms with Gasteiger partial charge in [-0.3, -0.25) is 9.36 Å². The van der Waals surface area contributed by atoms with E-state index in [0.717, 1.165) is 22.9 Å². The third-order valence-corrected chi connectivity index (χ3v) is 3.36. The van der Waals surface area contributed by atoms with Gasteiger partial charge in [-0.15, -0.1) is 11.6 Å². The number of hydrogen-bond acceptors (Lipinski definition) is 2. The second-order valence-corrected chi connectivity index (χ2v) is 5.19. The van der Waals surface area contributed by atoms with E-state index in [4.69, 9.17) is 23.2 Å². The molecule has 2 aromatic rings. The number of nitrogens with zero attached hydrogens (tertiary/aromatic N) is 1. The molecule has 0 saturated heterocycles. The van der Waals surface area contributed by atoms with Crippen LogP contribution in [0.25, 0.3) is 5.69 Å². The Labute approximate surface area is 148 Å². The van der Waals surface area contributed by atoms with Crippen LogP contribution in [0.1, 0.15) is 19.4 Å². The Morgan fingerprint density at radius 2 is 1.83 bits per heavy atom. The molecule has 0 unspecified atom stereocenters. The van der Waals surface area contributed by atoms with Gasteiger partial charge in [0.15, 0.2) is 0 Å². The fraction of sp³-hybridized carbons (Fsp3) is 0.312. The van der Waals surface area contributed by atoms with Gasteiger partial charge >= 0.3 is 6.18 Å². The quantitative estimate of drug-likeness (QED) is 0.740. The van der Waals surface area contributed by atoms with Gasteiger partial charge in [0.05, 0.1) is 16.3 Å². The number of rotatable bonds is 4. The van der Waals surface area contributed by atoms with Crippen LogP contribution in [0.5, 0.6) is 0 Å². The van der Waals surface area contributed by atoms with Crippen molar-refractivity contribution in [2.75, 3.05) is 17.7 Å². The normalized spacial score (nSPS) is 10.8. The minimum absolute atomic E-state index is 0.154. The summed E-state index contributed by atoms with van der Waals surface area (Å²) in [4.78, 5) is 11.8. The molecule has 8 heteroatoms. The predicted octanol–water partition coefficient (Wildman–Crippen LogP) is 5.19. The van der Waals surface area contributed by atoms with E-state index in [1.165, 1.54) is 12.1 Å². The van der Waals surface area contributed by atoms with Crippen molar-refractivity contribution in [2.24, 2.45) is 0 Å². The molecule has 0 saturated carbocycles. The Hall–Kier alpha value is -1.66. The number of pyridine rings is 1. The maximum absolute atomic E-state index is 12.7. The third kappa shape index (κ3) is 5.18. The fourth-order valence-corrected chi connectivity index (χ4v) is 2.21. The molecule has 1 N–H and O–H groups in total. The first-order valence-corrected chi connectivity index (χ1v) is 8.14. The number of benzene rings is 1. The summed E-state index contributed by atoms with van der Waals surface area (Å²) in [7, 11) is 0. The molecule has 1 heterocycles. The summed E-state index contributed by atoms with van der Waals surface area (Å²) in [5.74, 6) is 0.395. The van der Waals surface area contributed by atoms with Crippen molar-refractivity contribution < 1.29 is 13.2 Å². The summed E-state index contributed by atoms with van der Waals surface area (Å²) < 4.78 is 39.1. The van der Waals surface area contributed by atoms with Gasteiger partial charge in [0, 0.05) is 30.4 Å². The van der Waals surface area contributed by atoms with Crippen LogP contribution in [0, 0.1) is 0 Å². The van der Waals surface area contributed by atoms with Gasteiger partial charge < -0.3 is 5.32 Å². The van der Waals surface area contributed by atoms with E-state index < -0.39 is 17.3 Å². The lowest BCUT2D eigenvalue weighted by molar-refractivity contribution is -0.138. The predicted molar refractivity (Wildman–Crippen MR) is 92.6 cm³/mol. The average Bonchev–Trinajstić information content (AvgIpc) is 2.54. The monoisotopic (exact) mass is 380 g/mol. The minimum Gasteiger partial charge on any atom is -0.384 e. The molecule has 0 spiro atoms. The van der Waals surface area contributed by atoms with Crippen LogP contribution in [0.2, 0.25) is 5.02 Å². The molecular formula is C16H17Cl2F3N2O. The molecule has 132 valence electrons. The van der Waals surface area contributed by atoms with Crippen molar-refractivity contribution in [1.82, 2.24) is 4.57 Å². The molecule has 0 aliphatic rings. The molecule has 0 aliphatic carbocycles. The summed E-state index contributed by atoms with van der Waals surface area (Å²) >= 11 is 11.6. The lowest BCUT2D eigenvalue weighted by atomic mass is 10.2. The number of alkyl halides is 4. The molecule has 0 amide bonds. The second-order valence-electron chi connectivity index (χ2n) is 4.41. The van der Waals surface area contributed by atoms with Crippen LogP contribution >= 0.6 is 23.2 Å². The SMILES string of the molecule is CC.O=c1ccc(C(F)(F)F)cn1-c1ccc(NCCCl)cc1Cl. The molecule has 0 radical (unpaired) electrons. The summed E-state index contributed by atoms with van der Waals surface area (Å²) in [6.07, 6.45) is -3.81. The van der Waals surface area contributed by atoms with Crippen molar-refractivity contribution in [1.29, 1.82) is 0 Å². The second kappa shape index (κ2) is 8.99. The first-order chi connectivity index (χ1) is 11.3. The summed E-state index contributed by atoms with van der Waals surface area (Å²) in [5, 5.41) is 3.13. The molecule has 24 heavy (non-hydrogen) atoms. The van der Waals surface area contributed by atoms with Crippen LogP contribution < -0.4 is 10.9 Å². The van der Waals surface area contributed by atoms with Gasteiger partial charge in [-0.05, 0) is 24.3 Å². The highest BCUT2D eigenvalue weighted by atomic mass is 35.5. The number of aromatic nitrogens is 1. The maximum atomic E-state index is 12.7. The molecule has 0 bridgehead atoms. The molecule has 1 aromatic heterocycles. The van der Waals surface area contributed by atoms with E-state index >= 15 is 0 Å². The van der Waals surface area contributed by atoms with E-state index in [2.05, 4.69) is 5.32 Å². The Morgan fingerprint density at radius 1 is 1.17 bits per heavy atom. The smallest absolute Gasteiger partial charge is 0.384 e. The van der Waals surface area contributed by atoms with Gasteiger partial charge in [0.2, 0.25) is 0 Å². The van der Waals surface area contributed by atoms with Crippen molar-refractivity contribution >= 4 is 28.9 Å². The van der Waals surface area contributed by atoms with Crippen LogP contribution in [0.15, 0.2) is 41.3 Å². The Balaban J connectivity index is 0.00000139. The Kier molecular flexibility index (Phi) is 7.63. The largest absolute Gasteiger partial charge is 0.417 e. The van der Waals surface area contributed by atoms with Gasteiger partial charge in [-0.25, -0.2) is 0 Å². The highest BCUT2D eigenvalue weighted by molar-refractivity contribution is 6.32. The molecule has 0 fully saturated rings. The fourth-order valence-electron chi connectivity index (χ4n) is 1.85. The highest BCUT2D eigenvalue weighted by Gasteiger charge is 2.31. The molecule has 0 atom stereocenters. The van der Waals surface area contributed by atoms with Gasteiger partial charge in [-0.1, -0.05) is 25.4 Å². The molecule has 1 aromatic carbocycles. The first-order valence-electron chi connectivity index (χ1n) is 7.22. The van der Waals surface area contributed by atoms with E-state index in [1.54, 1.807) is 6.07 Å². The number of halogens is 5. The standard InChI is InChI=1S/C14H11Cl2F3N2O.C2H6/c15-5-6-20-10-2-3-12(11(16)7-10)21-8-9(14(17,18)19)1-4-13(21)22;1-2/h1-4,7-8,20H,5-6H2;1-2H3. The van der Waals surface area contributed by atoms with Crippen LogP contribution in [-0.2, 0) is 6.18 Å². The number of hydrogen-bond donors (Lipinski definition) is 1. The van der Waals surface area contributed by atoms with Crippen molar-refractivity contribution in [2.45, 2.75) is 20.0 Å². The lowest BCUT2D eigenvalue weighted by Crippen LogP contribution is -2.20. The molecular weight excluding hydrogens is 364 g/mol. The van der Waals surface area contributed by atoms with Gasteiger partial charge in [-0.2, -0.15) is 13.2 Å². The van der Waals surface area contributed by atoms with Crippen molar-refractivity contribution in [3.8, 4) is 5.69 Å². The van der Waals surface area contributed by atoms with E-state index in [0.29, 0.717) is 18.1 Å². The zero-order chi connectivity index (χ0) is 18.3. The Morgan fingerprint density at radius 3 is 2.38 bits per heavy atom. The summed E-state index contributed by atoms with van der Waals surface area (Å²) in [6, 6.07) is 6.21. The van der Waals surface area contributed by atoms with Gasteiger partial charge in [0.25, 0.3) is 5.56 Å².